The van der Waals surface area contributed by atoms with Crippen LogP contribution >= 0.6 is 0 Å². The lowest BCUT2D eigenvalue weighted by molar-refractivity contribution is -0.0704. The molecule has 0 aromatic heterocycles. The lowest BCUT2D eigenvalue weighted by Gasteiger charge is -2.35. The summed E-state index contributed by atoms with van der Waals surface area (Å²) in [6.45, 7) is 7.14. The fourth-order valence-electron chi connectivity index (χ4n) is 2.33. The lowest BCUT2D eigenvalue weighted by atomic mass is 10.1. The molecular formula is C13H20N2O. The van der Waals surface area contributed by atoms with E-state index in [2.05, 4.69) is 24.8 Å². The van der Waals surface area contributed by atoms with E-state index < -0.39 is 0 Å². The van der Waals surface area contributed by atoms with Crippen LogP contribution in [0.2, 0.25) is 0 Å². The summed E-state index contributed by atoms with van der Waals surface area (Å²) >= 11 is 0. The highest BCUT2D eigenvalue weighted by molar-refractivity contribution is 5.46. The Kier molecular flexibility index (Phi) is 3.46. The van der Waals surface area contributed by atoms with Gasteiger partial charge in [0.15, 0.2) is 0 Å². The van der Waals surface area contributed by atoms with E-state index in [9.17, 15) is 0 Å². The third kappa shape index (κ3) is 2.74. The van der Waals surface area contributed by atoms with Crippen molar-refractivity contribution >= 4 is 5.69 Å². The van der Waals surface area contributed by atoms with Gasteiger partial charge in [0.2, 0.25) is 0 Å². The van der Waals surface area contributed by atoms with E-state index in [1.807, 2.05) is 18.2 Å². The molecule has 2 unspecified atom stereocenters. The standard InChI is InChI=1S/C13H20N2O/c1-10-7-15(8-11(2)16-10)9-12-5-3-4-6-13(12)14/h3-6,10-11H,7-9,14H2,1-2H3. The number of hydrogen-bond donors (Lipinski definition) is 1. The van der Waals surface area contributed by atoms with E-state index in [-0.39, 0.29) is 0 Å². The molecule has 1 aliphatic heterocycles. The van der Waals surface area contributed by atoms with Gasteiger partial charge >= 0.3 is 0 Å². The summed E-state index contributed by atoms with van der Waals surface area (Å²) in [5, 5.41) is 0. The average Bonchev–Trinajstić information content (AvgIpc) is 2.20. The van der Waals surface area contributed by atoms with Gasteiger partial charge in [-0.1, -0.05) is 18.2 Å². The molecule has 88 valence electrons. The van der Waals surface area contributed by atoms with Crippen LogP contribution in [0.15, 0.2) is 24.3 Å². The molecule has 1 aromatic rings. The number of hydrogen-bond acceptors (Lipinski definition) is 3. The van der Waals surface area contributed by atoms with E-state index in [1.165, 1.54) is 5.56 Å². The summed E-state index contributed by atoms with van der Waals surface area (Å²) in [6, 6.07) is 8.07. The van der Waals surface area contributed by atoms with Gasteiger partial charge in [0.25, 0.3) is 0 Å². The normalized spacial score (nSPS) is 26.9. The smallest absolute Gasteiger partial charge is 0.0678 e. The SMILES string of the molecule is CC1CN(Cc2ccccc2N)CC(C)O1. The Morgan fingerprint density at radius 2 is 1.88 bits per heavy atom. The van der Waals surface area contributed by atoms with Crippen molar-refractivity contribution in [2.45, 2.75) is 32.6 Å². The van der Waals surface area contributed by atoms with Gasteiger partial charge < -0.3 is 10.5 Å². The van der Waals surface area contributed by atoms with Crippen molar-refractivity contribution in [2.75, 3.05) is 18.8 Å². The molecule has 2 N–H and O–H groups in total. The molecule has 0 spiro atoms. The van der Waals surface area contributed by atoms with Crippen molar-refractivity contribution in [1.29, 1.82) is 0 Å². The summed E-state index contributed by atoms with van der Waals surface area (Å²) in [6.07, 6.45) is 0.627. The number of anilines is 1. The second-order valence-electron chi connectivity index (χ2n) is 4.65. The van der Waals surface area contributed by atoms with E-state index in [4.69, 9.17) is 10.5 Å². The van der Waals surface area contributed by atoms with Crippen molar-refractivity contribution in [3.05, 3.63) is 29.8 Å². The van der Waals surface area contributed by atoms with Crippen LogP contribution in [-0.4, -0.2) is 30.2 Å². The van der Waals surface area contributed by atoms with Gasteiger partial charge in [-0.25, -0.2) is 0 Å². The number of benzene rings is 1. The van der Waals surface area contributed by atoms with Gasteiger partial charge in [-0.15, -0.1) is 0 Å². The van der Waals surface area contributed by atoms with Gasteiger partial charge in [-0.2, -0.15) is 0 Å². The van der Waals surface area contributed by atoms with Crippen LogP contribution in [0.3, 0.4) is 0 Å². The van der Waals surface area contributed by atoms with Gasteiger partial charge in [-0.05, 0) is 25.5 Å². The molecule has 0 radical (unpaired) electrons. The van der Waals surface area contributed by atoms with E-state index in [0.717, 1.165) is 25.3 Å². The second kappa shape index (κ2) is 4.85. The Morgan fingerprint density at radius 3 is 2.50 bits per heavy atom. The van der Waals surface area contributed by atoms with Crippen molar-refractivity contribution < 1.29 is 4.74 Å². The number of nitrogens with zero attached hydrogens (tertiary/aromatic N) is 1. The van der Waals surface area contributed by atoms with Crippen LogP contribution in [-0.2, 0) is 11.3 Å². The minimum atomic E-state index is 0.314. The molecule has 16 heavy (non-hydrogen) atoms. The minimum absolute atomic E-state index is 0.314. The zero-order valence-electron chi connectivity index (χ0n) is 10.0. The predicted octanol–water partition coefficient (Wildman–Crippen LogP) is 1.88. The Labute approximate surface area is 97.2 Å². The third-order valence-corrected chi connectivity index (χ3v) is 2.94. The monoisotopic (exact) mass is 220 g/mol. The van der Waals surface area contributed by atoms with Crippen LogP contribution in [0, 0.1) is 0 Å². The topological polar surface area (TPSA) is 38.5 Å². The summed E-state index contributed by atoms with van der Waals surface area (Å²) in [5.74, 6) is 0. The number of morpholine rings is 1. The highest BCUT2D eigenvalue weighted by Crippen LogP contribution is 2.17. The summed E-state index contributed by atoms with van der Waals surface area (Å²) in [5.41, 5.74) is 8.04. The zero-order chi connectivity index (χ0) is 11.5. The summed E-state index contributed by atoms with van der Waals surface area (Å²) in [4.78, 5) is 2.41. The van der Waals surface area contributed by atoms with Crippen molar-refractivity contribution in [3.63, 3.8) is 0 Å². The Balaban J connectivity index is 2.02. The fourth-order valence-corrected chi connectivity index (χ4v) is 2.33. The molecule has 1 aromatic carbocycles. The van der Waals surface area contributed by atoms with Gasteiger partial charge in [0.1, 0.15) is 0 Å². The largest absolute Gasteiger partial charge is 0.398 e. The molecule has 0 saturated carbocycles. The number of nitrogen functional groups attached to an aromatic ring is 1. The molecule has 2 rings (SSSR count). The second-order valence-corrected chi connectivity index (χ2v) is 4.65. The number of ether oxygens (including phenoxy) is 1. The average molecular weight is 220 g/mol. The molecule has 3 heteroatoms. The first-order valence-electron chi connectivity index (χ1n) is 5.86. The molecule has 3 nitrogen and oxygen atoms in total. The van der Waals surface area contributed by atoms with Crippen molar-refractivity contribution in [3.8, 4) is 0 Å². The minimum Gasteiger partial charge on any atom is -0.398 e. The van der Waals surface area contributed by atoms with Crippen LogP contribution in [0.5, 0.6) is 0 Å². The summed E-state index contributed by atoms with van der Waals surface area (Å²) < 4.78 is 5.71. The number of para-hydroxylation sites is 1. The number of nitrogens with two attached hydrogens (primary N) is 1. The first kappa shape index (κ1) is 11.4. The molecule has 0 amide bonds. The molecule has 2 atom stereocenters. The predicted molar refractivity (Wildman–Crippen MR) is 66.1 cm³/mol. The quantitative estimate of drug-likeness (QED) is 0.773. The molecule has 0 bridgehead atoms. The zero-order valence-corrected chi connectivity index (χ0v) is 10.0. The Morgan fingerprint density at radius 1 is 1.25 bits per heavy atom. The molecular weight excluding hydrogens is 200 g/mol. The molecule has 1 saturated heterocycles. The van der Waals surface area contributed by atoms with Crippen LogP contribution in [0.25, 0.3) is 0 Å². The number of rotatable bonds is 2. The van der Waals surface area contributed by atoms with Crippen molar-refractivity contribution in [1.82, 2.24) is 4.90 Å². The fraction of sp³-hybridized carbons (Fsp3) is 0.538. The lowest BCUT2D eigenvalue weighted by Crippen LogP contribution is -2.44. The maximum Gasteiger partial charge on any atom is 0.0678 e. The molecule has 1 fully saturated rings. The maximum atomic E-state index is 5.95. The van der Waals surface area contributed by atoms with Gasteiger partial charge in [-0.3, -0.25) is 4.90 Å². The van der Waals surface area contributed by atoms with E-state index in [1.54, 1.807) is 0 Å². The Hall–Kier alpha value is -1.06. The van der Waals surface area contributed by atoms with Crippen molar-refractivity contribution in [2.24, 2.45) is 0 Å². The Bertz CT molecular complexity index is 344. The van der Waals surface area contributed by atoms with Crippen LogP contribution < -0.4 is 5.73 Å². The molecule has 1 aliphatic rings. The maximum absolute atomic E-state index is 5.95. The first-order valence-corrected chi connectivity index (χ1v) is 5.86. The van der Waals surface area contributed by atoms with Gasteiger partial charge in [0.05, 0.1) is 12.2 Å². The van der Waals surface area contributed by atoms with E-state index in [0.29, 0.717) is 12.2 Å². The molecule has 0 aliphatic carbocycles. The highest BCUT2D eigenvalue weighted by Gasteiger charge is 2.22. The third-order valence-electron chi connectivity index (χ3n) is 2.94. The first-order chi connectivity index (χ1) is 7.65. The van der Waals surface area contributed by atoms with Crippen LogP contribution in [0.4, 0.5) is 5.69 Å². The van der Waals surface area contributed by atoms with Gasteiger partial charge in [0, 0.05) is 25.3 Å². The summed E-state index contributed by atoms with van der Waals surface area (Å²) in [7, 11) is 0. The highest BCUT2D eigenvalue weighted by atomic mass is 16.5. The van der Waals surface area contributed by atoms with E-state index >= 15 is 0 Å². The molecule has 1 heterocycles. The van der Waals surface area contributed by atoms with Crippen LogP contribution in [0.1, 0.15) is 19.4 Å².